The van der Waals surface area contributed by atoms with Gasteiger partial charge in [0.25, 0.3) is 0 Å². The molecule has 5 heteroatoms. The second kappa shape index (κ2) is 3.25. The zero-order valence-corrected chi connectivity index (χ0v) is 8.11. The fourth-order valence-corrected chi connectivity index (χ4v) is 1.66. The second-order valence-electron chi connectivity index (χ2n) is 3.22. The molecule has 0 spiro atoms. The molecule has 3 N–H and O–H groups in total. The van der Waals surface area contributed by atoms with Crippen molar-refractivity contribution >= 4 is 12.6 Å². The Balaban J connectivity index is 2.46. The lowest BCUT2D eigenvalue weighted by molar-refractivity contribution is 0.0717. The first-order chi connectivity index (χ1) is 6.58. The molecule has 4 nitrogen and oxygen atoms in total. The molecule has 0 amide bonds. The molecule has 2 rings (SSSR count). The van der Waals surface area contributed by atoms with E-state index in [4.69, 9.17) is 4.74 Å². The number of hydrogen-bond acceptors (Lipinski definition) is 5. The van der Waals surface area contributed by atoms with E-state index in [-0.39, 0.29) is 17.9 Å². The van der Waals surface area contributed by atoms with Crippen LogP contribution in [0.3, 0.4) is 0 Å². The quantitative estimate of drug-likeness (QED) is 0.479. The van der Waals surface area contributed by atoms with Crippen LogP contribution in [-0.4, -0.2) is 26.9 Å². The summed E-state index contributed by atoms with van der Waals surface area (Å²) in [5.41, 5.74) is -0.121. The van der Waals surface area contributed by atoms with Crippen LogP contribution in [0.1, 0.15) is 5.56 Å². The molecule has 0 fully saturated rings. The molecule has 1 aliphatic heterocycles. The van der Waals surface area contributed by atoms with Crippen molar-refractivity contribution < 1.29 is 20.1 Å². The molecule has 1 aromatic rings. The van der Waals surface area contributed by atoms with Gasteiger partial charge in [0.2, 0.25) is 0 Å². The largest absolute Gasteiger partial charge is 0.508 e. The van der Waals surface area contributed by atoms with Crippen LogP contribution in [0.25, 0.3) is 0 Å². The summed E-state index contributed by atoms with van der Waals surface area (Å²) in [5, 5.41) is 28.1. The maximum absolute atomic E-state index is 9.47. The lowest BCUT2D eigenvalue weighted by Crippen LogP contribution is -2.32. The number of ether oxygens (including phenoxy) is 1. The zero-order chi connectivity index (χ0) is 10.3. The van der Waals surface area contributed by atoms with E-state index < -0.39 is 11.5 Å². The van der Waals surface area contributed by atoms with Crippen molar-refractivity contribution in [1.82, 2.24) is 0 Å². The fraction of sp³-hybridized carbons (Fsp3) is 0.333. The SMILES string of the molecule is Oc1cc(O)c2c(c1)OC(S)C(O)C2. The number of fused-ring (bicyclic) bond motifs is 1. The van der Waals surface area contributed by atoms with Crippen LogP contribution < -0.4 is 4.74 Å². The Labute approximate surface area is 86.2 Å². The first-order valence-corrected chi connectivity index (χ1v) is 4.67. The van der Waals surface area contributed by atoms with Crippen molar-refractivity contribution in [2.75, 3.05) is 0 Å². The van der Waals surface area contributed by atoms with Crippen LogP contribution in [0.15, 0.2) is 12.1 Å². The topological polar surface area (TPSA) is 69.9 Å². The van der Waals surface area contributed by atoms with E-state index in [1.165, 1.54) is 12.1 Å². The van der Waals surface area contributed by atoms with Gasteiger partial charge in [0.1, 0.15) is 23.4 Å². The summed E-state index contributed by atoms with van der Waals surface area (Å²) in [6.07, 6.45) is -0.475. The fourth-order valence-electron chi connectivity index (χ4n) is 1.45. The van der Waals surface area contributed by atoms with Crippen LogP contribution in [0.5, 0.6) is 17.2 Å². The molecule has 0 radical (unpaired) electrons. The van der Waals surface area contributed by atoms with Crippen molar-refractivity contribution in [3.05, 3.63) is 17.7 Å². The van der Waals surface area contributed by atoms with E-state index >= 15 is 0 Å². The van der Waals surface area contributed by atoms with Gasteiger partial charge in [-0.05, 0) is 0 Å². The highest BCUT2D eigenvalue weighted by atomic mass is 32.1. The Morgan fingerprint density at radius 2 is 2.07 bits per heavy atom. The number of hydrogen-bond donors (Lipinski definition) is 4. The van der Waals surface area contributed by atoms with E-state index in [0.29, 0.717) is 11.3 Å². The molecule has 0 bridgehead atoms. The summed E-state index contributed by atoms with van der Waals surface area (Å²) in [4.78, 5) is 0. The van der Waals surface area contributed by atoms with Gasteiger partial charge in [-0.2, -0.15) is 0 Å². The van der Waals surface area contributed by atoms with Crippen molar-refractivity contribution in [1.29, 1.82) is 0 Å². The minimum atomic E-state index is -0.749. The summed E-state index contributed by atoms with van der Waals surface area (Å²) in [6, 6.07) is 2.61. The third-order valence-electron chi connectivity index (χ3n) is 2.16. The maximum Gasteiger partial charge on any atom is 0.167 e. The molecule has 0 saturated carbocycles. The third kappa shape index (κ3) is 1.49. The first kappa shape index (κ1) is 9.48. The van der Waals surface area contributed by atoms with Gasteiger partial charge in [-0.3, -0.25) is 0 Å². The van der Waals surface area contributed by atoms with Crippen LogP contribution in [0.4, 0.5) is 0 Å². The molecule has 1 aromatic carbocycles. The standard InChI is InChI=1S/C9H10O4S/c10-4-1-6(11)5-3-7(12)9(14)13-8(5)2-4/h1-2,7,9-12,14H,3H2. The average Bonchev–Trinajstić information content (AvgIpc) is 2.08. The summed E-state index contributed by atoms with van der Waals surface area (Å²) >= 11 is 4.01. The number of aliphatic hydroxyl groups is 1. The van der Waals surface area contributed by atoms with Gasteiger partial charge in [0.05, 0.1) is 0 Å². The molecule has 76 valence electrons. The summed E-state index contributed by atoms with van der Waals surface area (Å²) in [6.45, 7) is 0. The smallest absolute Gasteiger partial charge is 0.167 e. The van der Waals surface area contributed by atoms with E-state index in [2.05, 4.69) is 12.6 Å². The van der Waals surface area contributed by atoms with Crippen LogP contribution in [-0.2, 0) is 6.42 Å². The Bertz CT molecular complexity index is 366. The molecule has 14 heavy (non-hydrogen) atoms. The monoisotopic (exact) mass is 214 g/mol. The lowest BCUT2D eigenvalue weighted by atomic mass is 10.0. The van der Waals surface area contributed by atoms with Gasteiger partial charge < -0.3 is 20.1 Å². The molecule has 0 aliphatic carbocycles. The lowest BCUT2D eigenvalue weighted by Gasteiger charge is -2.27. The molecule has 0 saturated heterocycles. The molecule has 0 aromatic heterocycles. The molecular weight excluding hydrogens is 204 g/mol. The van der Waals surface area contributed by atoms with Crippen LogP contribution in [0, 0.1) is 0 Å². The second-order valence-corrected chi connectivity index (χ2v) is 3.73. The van der Waals surface area contributed by atoms with Crippen molar-refractivity contribution in [3.8, 4) is 17.2 Å². The number of phenols is 2. The predicted molar refractivity (Wildman–Crippen MR) is 52.9 cm³/mol. The van der Waals surface area contributed by atoms with Gasteiger partial charge in [-0.15, -0.1) is 12.6 Å². The molecular formula is C9H10O4S. The van der Waals surface area contributed by atoms with Crippen molar-refractivity contribution in [3.63, 3.8) is 0 Å². The first-order valence-electron chi connectivity index (χ1n) is 4.15. The normalized spacial score (nSPS) is 25.3. The van der Waals surface area contributed by atoms with Gasteiger partial charge in [0.15, 0.2) is 5.44 Å². The Morgan fingerprint density at radius 3 is 2.79 bits per heavy atom. The predicted octanol–water partition coefficient (Wildman–Crippen LogP) is 0.649. The Morgan fingerprint density at radius 1 is 1.36 bits per heavy atom. The zero-order valence-electron chi connectivity index (χ0n) is 7.21. The van der Waals surface area contributed by atoms with Gasteiger partial charge in [-0.1, -0.05) is 0 Å². The number of aliphatic hydroxyl groups excluding tert-OH is 1. The Kier molecular flexibility index (Phi) is 2.20. The molecule has 1 heterocycles. The highest BCUT2D eigenvalue weighted by molar-refractivity contribution is 7.80. The number of aromatic hydroxyl groups is 2. The number of phenolic OH excluding ortho intramolecular Hbond substituents is 2. The molecule has 1 aliphatic rings. The minimum absolute atomic E-state index is 0.0701. The highest BCUT2D eigenvalue weighted by Gasteiger charge is 2.28. The van der Waals surface area contributed by atoms with E-state index in [1.54, 1.807) is 0 Å². The van der Waals surface area contributed by atoms with Gasteiger partial charge in [-0.25, -0.2) is 0 Å². The van der Waals surface area contributed by atoms with Crippen LogP contribution in [0.2, 0.25) is 0 Å². The van der Waals surface area contributed by atoms with Crippen molar-refractivity contribution in [2.24, 2.45) is 0 Å². The number of rotatable bonds is 0. The average molecular weight is 214 g/mol. The number of thiol groups is 1. The van der Waals surface area contributed by atoms with Crippen LogP contribution >= 0.6 is 12.6 Å². The third-order valence-corrected chi connectivity index (χ3v) is 2.61. The number of benzene rings is 1. The highest BCUT2D eigenvalue weighted by Crippen LogP contribution is 2.38. The van der Waals surface area contributed by atoms with E-state index in [9.17, 15) is 15.3 Å². The van der Waals surface area contributed by atoms with Gasteiger partial charge in [0, 0.05) is 24.1 Å². The van der Waals surface area contributed by atoms with Crippen molar-refractivity contribution in [2.45, 2.75) is 18.0 Å². The Hall–Kier alpha value is -1.07. The summed E-state index contributed by atoms with van der Waals surface area (Å²) < 4.78 is 5.20. The van der Waals surface area contributed by atoms with Gasteiger partial charge >= 0.3 is 0 Å². The summed E-state index contributed by atoms with van der Waals surface area (Å²) in [5.74, 6) is 0.227. The molecule has 2 atom stereocenters. The van der Waals surface area contributed by atoms with E-state index in [1.807, 2.05) is 0 Å². The molecule has 2 unspecified atom stereocenters. The minimum Gasteiger partial charge on any atom is -0.508 e. The summed E-state index contributed by atoms with van der Waals surface area (Å²) in [7, 11) is 0. The maximum atomic E-state index is 9.47. The van der Waals surface area contributed by atoms with E-state index in [0.717, 1.165) is 0 Å².